The molecule has 120 valence electrons. The predicted octanol–water partition coefficient (Wildman–Crippen LogP) is 3.92. The average molecular weight is 329 g/mol. The van der Waals surface area contributed by atoms with Gasteiger partial charge >= 0.3 is 5.51 Å². The summed E-state index contributed by atoms with van der Waals surface area (Å²) in [6.07, 6.45) is 5.46. The molecule has 0 saturated heterocycles. The summed E-state index contributed by atoms with van der Waals surface area (Å²) in [5, 5.41) is 3.32. The maximum Gasteiger partial charge on any atom is 0.446 e. The number of hydrogen-bond acceptors (Lipinski definition) is 3. The van der Waals surface area contributed by atoms with Crippen molar-refractivity contribution >= 4 is 11.8 Å². The van der Waals surface area contributed by atoms with Crippen molar-refractivity contribution in [2.24, 2.45) is 5.92 Å². The maximum absolute atomic E-state index is 12.2. The largest absolute Gasteiger partial charge is 0.446 e. The number of imidazole rings is 1. The van der Waals surface area contributed by atoms with E-state index in [1.165, 1.54) is 12.1 Å². The summed E-state index contributed by atoms with van der Waals surface area (Å²) in [5.74, 6) is 0.439. The van der Waals surface area contributed by atoms with E-state index in [0.29, 0.717) is 12.5 Å². The van der Waals surface area contributed by atoms with Crippen LogP contribution in [-0.4, -0.2) is 21.6 Å². The Hall–Kier alpha value is -1.47. The smallest absolute Gasteiger partial charge is 0.337 e. The Morgan fingerprint density at radius 2 is 2.00 bits per heavy atom. The second-order valence-corrected chi connectivity index (χ2v) is 6.33. The minimum atomic E-state index is -4.23. The van der Waals surface area contributed by atoms with Crippen LogP contribution in [0, 0.1) is 5.92 Å². The van der Waals surface area contributed by atoms with Crippen LogP contribution >= 0.6 is 11.8 Å². The molecule has 1 atom stereocenters. The molecule has 0 bridgehead atoms. The third-order valence-electron chi connectivity index (χ3n) is 3.06. The Balaban J connectivity index is 1.72. The van der Waals surface area contributed by atoms with E-state index < -0.39 is 5.51 Å². The molecule has 22 heavy (non-hydrogen) atoms. The standard InChI is InChI=1S/C15H18F3N3S/c1-12(10-21-7-6-19-11-21)8-20-9-13-2-4-14(5-3-13)22-15(16,17)18/h2-7,11-12,20H,8-10H2,1H3. The third kappa shape index (κ3) is 6.11. The summed E-state index contributed by atoms with van der Waals surface area (Å²) in [7, 11) is 0. The highest BCUT2D eigenvalue weighted by molar-refractivity contribution is 8.00. The summed E-state index contributed by atoms with van der Waals surface area (Å²) in [4.78, 5) is 4.21. The van der Waals surface area contributed by atoms with Gasteiger partial charge in [0, 0.05) is 30.4 Å². The molecule has 0 amide bonds. The Morgan fingerprint density at radius 1 is 1.27 bits per heavy atom. The van der Waals surface area contributed by atoms with Gasteiger partial charge in [0.1, 0.15) is 0 Å². The van der Waals surface area contributed by atoms with Gasteiger partial charge in [-0.05, 0) is 41.9 Å². The van der Waals surface area contributed by atoms with Gasteiger partial charge in [0.25, 0.3) is 0 Å². The lowest BCUT2D eigenvalue weighted by atomic mass is 10.1. The van der Waals surface area contributed by atoms with E-state index in [0.717, 1.165) is 18.7 Å². The number of thioether (sulfide) groups is 1. The van der Waals surface area contributed by atoms with E-state index in [1.807, 2.05) is 10.8 Å². The normalized spacial score (nSPS) is 13.3. The molecule has 0 aliphatic carbocycles. The summed E-state index contributed by atoms with van der Waals surface area (Å²) in [6, 6.07) is 6.46. The first kappa shape index (κ1) is 16.9. The highest BCUT2D eigenvalue weighted by Gasteiger charge is 2.28. The number of rotatable bonds is 7. The number of alkyl halides is 3. The molecule has 2 rings (SSSR count). The molecule has 1 aromatic carbocycles. The first-order valence-corrected chi connectivity index (χ1v) is 7.75. The van der Waals surface area contributed by atoms with E-state index in [-0.39, 0.29) is 16.7 Å². The molecular formula is C15H18F3N3S. The maximum atomic E-state index is 12.2. The van der Waals surface area contributed by atoms with E-state index in [9.17, 15) is 13.2 Å². The minimum Gasteiger partial charge on any atom is -0.337 e. The molecule has 1 heterocycles. The number of aromatic nitrogens is 2. The average Bonchev–Trinajstić information content (AvgIpc) is 2.92. The zero-order valence-electron chi connectivity index (χ0n) is 12.2. The van der Waals surface area contributed by atoms with Crippen LogP contribution in [-0.2, 0) is 13.1 Å². The van der Waals surface area contributed by atoms with Crippen LogP contribution in [0.5, 0.6) is 0 Å². The lowest BCUT2D eigenvalue weighted by molar-refractivity contribution is -0.0328. The van der Waals surface area contributed by atoms with Gasteiger partial charge in [0.05, 0.1) is 6.33 Å². The van der Waals surface area contributed by atoms with Crippen LogP contribution in [0.1, 0.15) is 12.5 Å². The van der Waals surface area contributed by atoms with Crippen molar-refractivity contribution in [3.63, 3.8) is 0 Å². The van der Waals surface area contributed by atoms with Crippen molar-refractivity contribution in [3.8, 4) is 0 Å². The number of benzene rings is 1. The SMILES string of the molecule is CC(CNCc1ccc(SC(F)(F)F)cc1)Cn1ccnc1. The van der Waals surface area contributed by atoms with E-state index in [2.05, 4.69) is 17.2 Å². The predicted molar refractivity (Wildman–Crippen MR) is 81.5 cm³/mol. The van der Waals surface area contributed by atoms with Gasteiger partial charge in [-0.3, -0.25) is 0 Å². The van der Waals surface area contributed by atoms with Crippen molar-refractivity contribution in [1.82, 2.24) is 14.9 Å². The lowest BCUT2D eigenvalue weighted by Crippen LogP contribution is -2.23. The lowest BCUT2D eigenvalue weighted by Gasteiger charge is -2.13. The first-order valence-electron chi connectivity index (χ1n) is 6.93. The van der Waals surface area contributed by atoms with E-state index in [1.54, 1.807) is 24.7 Å². The molecular weight excluding hydrogens is 311 g/mol. The van der Waals surface area contributed by atoms with Gasteiger partial charge in [-0.2, -0.15) is 13.2 Å². The molecule has 0 fully saturated rings. The van der Waals surface area contributed by atoms with E-state index >= 15 is 0 Å². The topological polar surface area (TPSA) is 29.9 Å². The molecule has 1 N–H and O–H groups in total. The molecule has 7 heteroatoms. The summed E-state index contributed by atoms with van der Waals surface area (Å²) in [5.41, 5.74) is -3.26. The van der Waals surface area contributed by atoms with Gasteiger partial charge in [0.2, 0.25) is 0 Å². The fourth-order valence-electron chi connectivity index (χ4n) is 2.09. The highest BCUT2D eigenvalue weighted by atomic mass is 32.2. The Kier molecular flexibility index (Phi) is 5.90. The Bertz CT molecular complexity index is 552. The van der Waals surface area contributed by atoms with E-state index in [4.69, 9.17) is 0 Å². The Labute approximate surface area is 131 Å². The van der Waals surface area contributed by atoms with Gasteiger partial charge < -0.3 is 9.88 Å². The fraction of sp³-hybridized carbons (Fsp3) is 0.400. The summed E-state index contributed by atoms with van der Waals surface area (Å²) < 4.78 is 38.7. The first-order chi connectivity index (χ1) is 10.4. The molecule has 2 aromatic rings. The molecule has 0 aliphatic heterocycles. The molecule has 1 aromatic heterocycles. The van der Waals surface area contributed by atoms with Crippen molar-refractivity contribution in [2.75, 3.05) is 6.54 Å². The second kappa shape index (κ2) is 7.69. The van der Waals surface area contributed by atoms with Crippen LogP contribution in [0.4, 0.5) is 13.2 Å². The molecule has 1 unspecified atom stereocenters. The summed E-state index contributed by atoms with van der Waals surface area (Å²) in [6.45, 7) is 4.49. The van der Waals surface area contributed by atoms with Gasteiger partial charge in [-0.25, -0.2) is 4.98 Å². The zero-order valence-corrected chi connectivity index (χ0v) is 13.0. The molecule has 0 saturated carbocycles. The Morgan fingerprint density at radius 3 is 2.59 bits per heavy atom. The van der Waals surface area contributed by atoms with Crippen LogP contribution in [0.3, 0.4) is 0 Å². The van der Waals surface area contributed by atoms with Crippen molar-refractivity contribution in [1.29, 1.82) is 0 Å². The fourth-order valence-corrected chi connectivity index (χ4v) is 2.63. The molecule has 0 radical (unpaired) electrons. The van der Waals surface area contributed by atoms with Crippen molar-refractivity contribution in [2.45, 2.75) is 30.4 Å². The third-order valence-corrected chi connectivity index (χ3v) is 3.80. The van der Waals surface area contributed by atoms with Gasteiger partial charge in [0.15, 0.2) is 0 Å². The molecule has 3 nitrogen and oxygen atoms in total. The van der Waals surface area contributed by atoms with Gasteiger partial charge in [-0.1, -0.05) is 19.1 Å². The number of nitrogens with zero attached hydrogens (tertiary/aromatic N) is 2. The minimum absolute atomic E-state index is 0.0888. The van der Waals surface area contributed by atoms with Crippen LogP contribution in [0.25, 0.3) is 0 Å². The number of nitrogens with one attached hydrogen (secondary N) is 1. The molecule has 0 spiro atoms. The van der Waals surface area contributed by atoms with Crippen LogP contribution in [0.15, 0.2) is 47.9 Å². The number of halogens is 3. The molecule has 0 aliphatic rings. The zero-order chi connectivity index (χ0) is 16.0. The quantitative estimate of drug-likeness (QED) is 0.781. The van der Waals surface area contributed by atoms with Crippen LogP contribution in [0.2, 0.25) is 0 Å². The van der Waals surface area contributed by atoms with Crippen molar-refractivity contribution in [3.05, 3.63) is 48.5 Å². The summed E-state index contributed by atoms with van der Waals surface area (Å²) >= 11 is -0.0888. The van der Waals surface area contributed by atoms with Crippen molar-refractivity contribution < 1.29 is 13.2 Å². The number of hydrogen-bond donors (Lipinski definition) is 1. The second-order valence-electron chi connectivity index (χ2n) is 5.19. The monoisotopic (exact) mass is 329 g/mol. The van der Waals surface area contributed by atoms with Gasteiger partial charge in [-0.15, -0.1) is 0 Å². The highest BCUT2D eigenvalue weighted by Crippen LogP contribution is 2.36. The van der Waals surface area contributed by atoms with Crippen LogP contribution < -0.4 is 5.32 Å².